The Morgan fingerprint density at radius 2 is 2.11 bits per heavy atom. The lowest BCUT2D eigenvalue weighted by Gasteiger charge is -2.20. The van der Waals surface area contributed by atoms with Crippen molar-refractivity contribution in [2.75, 3.05) is 33.2 Å². The monoisotopic (exact) mass is 255 g/mol. The van der Waals surface area contributed by atoms with Gasteiger partial charge in [0.15, 0.2) is 0 Å². The Morgan fingerprint density at radius 3 is 2.67 bits per heavy atom. The van der Waals surface area contributed by atoms with Gasteiger partial charge in [-0.15, -0.1) is 0 Å². The van der Waals surface area contributed by atoms with Crippen LogP contribution in [0.5, 0.6) is 0 Å². The van der Waals surface area contributed by atoms with Gasteiger partial charge >= 0.3 is 0 Å². The van der Waals surface area contributed by atoms with Gasteiger partial charge in [0, 0.05) is 19.1 Å². The average Bonchev–Trinajstić information content (AvgIpc) is 2.74. The third-order valence-electron chi connectivity index (χ3n) is 3.97. The fourth-order valence-corrected chi connectivity index (χ4v) is 2.25. The summed E-state index contributed by atoms with van der Waals surface area (Å²) in [5.74, 6) is 0.866. The second-order valence-corrected chi connectivity index (χ2v) is 5.81. The Bertz CT molecular complexity index is 255. The molecule has 1 heterocycles. The lowest BCUT2D eigenvalue weighted by Crippen LogP contribution is -2.35. The lowest BCUT2D eigenvalue weighted by molar-refractivity contribution is -0.125. The number of nitrogens with one attached hydrogen (secondary N) is 2. The molecule has 2 atom stereocenters. The Morgan fingerprint density at radius 1 is 1.39 bits per heavy atom. The number of carbonyl (C=O) groups excluding carboxylic acids is 1. The molecule has 0 bridgehead atoms. The molecule has 1 rings (SSSR count). The van der Waals surface area contributed by atoms with Gasteiger partial charge in [0.25, 0.3) is 0 Å². The van der Waals surface area contributed by atoms with Crippen molar-refractivity contribution in [1.82, 2.24) is 15.5 Å². The van der Waals surface area contributed by atoms with Crippen LogP contribution >= 0.6 is 0 Å². The summed E-state index contributed by atoms with van der Waals surface area (Å²) < 4.78 is 0. The molecule has 0 aliphatic carbocycles. The SMILES string of the molecule is CC(C)N(C)CCCCNC(=O)[C@@H]1CNC[C@H]1C. The molecule has 2 N–H and O–H groups in total. The minimum atomic E-state index is 0.170. The number of hydrogen-bond donors (Lipinski definition) is 2. The van der Waals surface area contributed by atoms with E-state index in [0.717, 1.165) is 39.0 Å². The van der Waals surface area contributed by atoms with Gasteiger partial charge < -0.3 is 15.5 Å². The lowest BCUT2D eigenvalue weighted by atomic mass is 9.97. The van der Waals surface area contributed by atoms with E-state index >= 15 is 0 Å². The molecule has 0 aromatic carbocycles. The van der Waals surface area contributed by atoms with Crippen LogP contribution in [0.1, 0.15) is 33.6 Å². The maximum absolute atomic E-state index is 11.9. The molecular formula is C14H29N3O. The third kappa shape index (κ3) is 4.94. The summed E-state index contributed by atoms with van der Waals surface area (Å²) in [7, 11) is 2.15. The smallest absolute Gasteiger partial charge is 0.224 e. The molecule has 0 aromatic heterocycles. The van der Waals surface area contributed by atoms with E-state index in [2.05, 4.69) is 43.4 Å². The number of nitrogens with zero attached hydrogens (tertiary/aromatic N) is 1. The van der Waals surface area contributed by atoms with E-state index in [-0.39, 0.29) is 11.8 Å². The molecular weight excluding hydrogens is 226 g/mol. The van der Waals surface area contributed by atoms with Gasteiger partial charge in [-0.1, -0.05) is 6.92 Å². The van der Waals surface area contributed by atoms with Crippen LogP contribution < -0.4 is 10.6 Å². The summed E-state index contributed by atoms with van der Waals surface area (Å²) in [5.41, 5.74) is 0. The number of amides is 1. The van der Waals surface area contributed by atoms with Crippen molar-refractivity contribution in [3.8, 4) is 0 Å². The van der Waals surface area contributed by atoms with Crippen LogP contribution in [0.3, 0.4) is 0 Å². The average molecular weight is 255 g/mol. The van der Waals surface area contributed by atoms with Crippen molar-refractivity contribution in [3.05, 3.63) is 0 Å². The summed E-state index contributed by atoms with van der Waals surface area (Å²) in [6.45, 7) is 10.3. The summed E-state index contributed by atoms with van der Waals surface area (Å²) in [4.78, 5) is 14.2. The summed E-state index contributed by atoms with van der Waals surface area (Å²) in [5, 5.41) is 6.32. The predicted molar refractivity (Wildman–Crippen MR) is 75.5 cm³/mol. The predicted octanol–water partition coefficient (Wildman–Crippen LogP) is 1.08. The van der Waals surface area contributed by atoms with E-state index in [1.807, 2.05) is 0 Å². The highest BCUT2D eigenvalue weighted by molar-refractivity contribution is 5.79. The zero-order chi connectivity index (χ0) is 13.5. The van der Waals surface area contributed by atoms with Gasteiger partial charge in [-0.25, -0.2) is 0 Å². The van der Waals surface area contributed by atoms with Gasteiger partial charge in [-0.05, 0) is 52.7 Å². The summed E-state index contributed by atoms with van der Waals surface area (Å²) in [6, 6.07) is 0.602. The molecule has 0 unspecified atom stereocenters. The van der Waals surface area contributed by atoms with Gasteiger partial charge in [-0.2, -0.15) is 0 Å². The summed E-state index contributed by atoms with van der Waals surface area (Å²) >= 11 is 0. The van der Waals surface area contributed by atoms with Crippen LogP contribution in [0.4, 0.5) is 0 Å². The van der Waals surface area contributed by atoms with Crippen LogP contribution in [-0.2, 0) is 4.79 Å². The van der Waals surface area contributed by atoms with Crippen molar-refractivity contribution in [2.45, 2.75) is 39.7 Å². The Kier molecular flexibility index (Phi) is 6.65. The van der Waals surface area contributed by atoms with Gasteiger partial charge in [0.2, 0.25) is 5.91 Å². The van der Waals surface area contributed by atoms with Crippen LogP contribution in [0.2, 0.25) is 0 Å². The highest BCUT2D eigenvalue weighted by Gasteiger charge is 2.28. The first-order chi connectivity index (χ1) is 8.52. The molecule has 4 heteroatoms. The third-order valence-corrected chi connectivity index (χ3v) is 3.97. The van der Waals surface area contributed by atoms with E-state index in [1.54, 1.807) is 0 Å². The van der Waals surface area contributed by atoms with E-state index in [0.29, 0.717) is 12.0 Å². The molecule has 1 aliphatic heterocycles. The number of hydrogen-bond acceptors (Lipinski definition) is 3. The topological polar surface area (TPSA) is 44.4 Å². The van der Waals surface area contributed by atoms with Crippen molar-refractivity contribution < 1.29 is 4.79 Å². The van der Waals surface area contributed by atoms with Gasteiger partial charge in [-0.3, -0.25) is 4.79 Å². The van der Waals surface area contributed by atoms with Crippen LogP contribution in [0.15, 0.2) is 0 Å². The maximum atomic E-state index is 11.9. The minimum Gasteiger partial charge on any atom is -0.356 e. The van der Waals surface area contributed by atoms with E-state index < -0.39 is 0 Å². The van der Waals surface area contributed by atoms with Gasteiger partial charge in [0.1, 0.15) is 0 Å². The quantitative estimate of drug-likeness (QED) is 0.669. The maximum Gasteiger partial charge on any atom is 0.224 e. The van der Waals surface area contributed by atoms with Gasteiger partial charge in [0.05, 0.1) is 5.92 Å². The number of carbonyl (C=O) groups is 1. The molecule has 106 valence electrons. The normalized spacial score (nSPS) is 23.9. The zero-order valence-electron chi connectivity index (χ0n) is 12.3. The van der Waals surface area contributed by atoms with Crippen molar-refractivity contribution in [2.24, 2.45) is 11.8 Å². The molecule has 0 saturated carbocycles. The molecule has 18 heavy (non-hydrogen) atoms. The molecule has 1 fully saturated rings. The number of unbranched alkanes of at least 4 members (excludes halogenated alkanes) is 1. The fourth-order valence-electron chi connectivity index (χ4n) is 2.25. The number of rotatable bonds is 7. The van der Waals surface area contributed by atoms with Crippen LogP contribution in [0, 0.1) is 11.8 Å². The molecule has 1 aliphatic rings. The highest BCUT2D eigenvalue weighted by atomic mass is 16.1. The second kappa shape index (κ2) is 7.74. The summed E-state index contributed by atoms with van der Waals surface area (Å²) in [6.07, 6.45) is 2.21. The fraction of sp³-hybridized carbons (Fsp3) is 0.929. The molecule has 0 radical (unpaired) electrons. The molecule has 0 aromatic rings. The Balaban J connectivity index is 2.05. The van der Waals surface area contributed by atoms with Crippen molar-refractivity contribution in [1.29, 1.82) is 0 Å². The zero-order valence-corrected chi connectivity index (χ0v) is 12.3. The second-order valence-electron chi connectivity index (χ2n) is 5.81. The van der Waals surface area contributed by atoms with E-state index in [9.17, 15) is 4.79 Å². The minimum absolute atomic E-state index is 0.170. The Hall–Kier alpha value is -0.610. The van der Waals surface area contributed by atoms with Crippen molar-refractivity contribution in [3.63, 3.8) is 0 Å². The highest BCUT2D eigenvalue weighted by Crippen LogP contribution is 2.15. The van der Waals surface area contributed by atoms with E-state index in [4.69, 9.17) is 0 Å². The molecule has 0 spiro atoms. The Labute approximate surface area is 111 Å². The standard InChI is InChI=1S/C14H29N3O/c1-11(2)17(4)8-6-5-7-16-14(18)13-10-15-9-12(13)3/h11-13,15H,5-10H2,1-4H3,(H,16,18)/t12-,13-/m1/s1. The van der Waals surface area contributed by atoms with Crippen LogP contribution in [-0.4, -0.2) is 50.1 Å². The molecule has 1 amide bonds. The van der Waals surface area contributed by atoms with Crippen molar-refractivity contribution >= 4 is 5.91 Å². The largest absolute Gasteiger partial charge is 0.356 e. The molecule has 1 saturated heterocycles. The first-order valence-electron chi connectivity index (χ1n) is 7.21. The van der Waals surface area contributed by atoms with Crippen LogP contribution in [0.25, 0.3) is 0 Å². The molecule has 4 nitrogen and oxygen atoms in total. The van der Waals surface area contributed by atoms with E-state index in [1.165, 1.54) is 0 Å². The first-order valence-corrected chi connectivity index (χ1v) is 7.21. The first kappa shape index (κ1) is 15.4.